The number of ether oxygens (including phenoxy) is 2. The highest BCUT2D eigenvalue weighted by Gasteiger charge is 2.32. The lowest BCUT2D eigenvalue weighted by molar-refractivity contribution is -0.119. The van der Waals surface area contributed by atoms with Gasteiger partial charge in [0.1, 0.15) is 12.1 Å². The van der Waals surface area contributed by atoms with E-state index in [1.807, 2.05) is 18.9 Å². The molecule has 2 aliphatic heterocycles. The molecule has 2 unspecified atom stereocenters. The number of carbonyl (C=O) groups is 1. The minimum Gasteiger partial charge on any atom is -0.475 e. The number of hydrogen-bond donors (Lipinski definition) is 2. The summed E-state index contributed by atoms with van der Waals surface area (Å²) < 4.78 is 11.3. The molecule has 6 nitrogen and oxygen atoms in total. The highest BCUT2D eigenvalue weighted by Crippen LogP contribution is 2.24. The normalized spacial score (nSPS) is 26.8. The molecule has 0 aromatic heterocycles. The SMILES string of the molecule is CC(C)OCCC1CCN2NC(C(N)=O)C=C2O1. The van der Waals surface area contributed by atoms with Gasteiger partial charge in [-0.1, -0.05) is 0 Å². The van der Waals surface area contributed by atoms with Gasteiger partial charge in [-0.25, -0.2) is 5.43 Å². The highest BCUT2D eigenvalue weighted by molar-refractivity contribution is 5.82. The van der Waals surface area contributed by atoms with Crippen LogP contribution in [0, 0.1) is 0 Å². The van der Waals surface area contributed by atoms with Crippen molar-refractivity contribution in [1.82, 2.24) is 10.4 Å². The molecule has 0 radical (unpaired) electrons. The Morgan fingerprint density at radius 3 is 3.17 bits per heavy atom. The second kappa shape index (κ2) is 5.58. The fourth-order valence-corrected chi connectivity index (χ4v) is 2.07. The van der Waals surface area contributed by atoms with E-state index in [1.165, 1.54) is 0 Å². The van der Waals surface area contributed by atoms with E-state index in [9.17, 15) is 4.79 Å². The lowest BCUT2D eigenvalue weighted by Gasteiger charge is -2.33. The molecule has 2 aliphatic rings. The van der Waals surface area contributed by atoms with Crippen LogP contribution in [-0.4, -0.2) is 42.3 Å². The van der Waals surface area contributed by atoms with Gasteiger partial charge < -0.3 is 15.2 Å². The van der Waals surface area contributed by atoms with E-state index in [0.29, 0.717) is 12.5 Å². The summed E-state index contributed by atoms with van der Waals surface area (Å²) in [4.78, 5) is 11.1. The molecule has 0 spiro atoms. The number of rotatable bonds is 5. The summed E-state index contributed by atoms with van der Waals surface area (Å²) in [5, 5.41) is 1.84. The highest BCUT2D eigenvalue weighted by atomic mass is 16.5. The third-order valence-corrected chi connectivity index (χ3v) is 3.03. The van der Waals surface area contributed by atoms with Crippen LogP contribution in [0.2, 0.25) is 0 Å². The van der Waals surface area contributed by atoms with Crippen LogP contribution in [0.25, 0.3) is 0 Å². The predicted octanol–water partition coefficient (Wildman–Crippen LogP) is 0.106. The Balaban J connectivity index is 1.82. The number of hydrazine groups is 1. The van der Waals surface area contributed by atoms with E-state index in [-0.39, 0.29) is 18.1 Å². The van der Waals surface area contributed by atoms with Gasteiger partial charge in [0, 0.05) is 25.5 Å². The van der Waals surface area contributed by atoms with Gasteiger partial charge in [0.15, 0.2) is 0 Å². The summed E-state index contributed by atoms with van der Waals surface area (Å²) in [6, 6.07) is -0.453. The van der Waals surface area contributed by atoms with E-state index in [2.05, 4.69) is 5.43 Å². The Hall–Kier alpha value is -1.27. The molecule has 2 rings (SSSR count). The average Bonchev–Trinajstić information content (AvgIpc) is 2.71. The van der Waals surface area contributed by atoms with Crippen LogP contribution in [0.15, 0.2) is 12.0 Å². The zero-order chi connectivity index (χ0) is 13.1. The van der Waals surface area contributed by atoms with Crippen LogP contribution in [0.5, 0.6) is 0 Å². The van der Waals surface area contributed by atoms with Crippen molar-refractivity contribution in [3.05, 3.63) is 12.0 Å². The molecule has 2 heterocycles. The summed E-state index contributed by atoms with van der Waals surface area (Å²) in [5.41, 5.74) is 8.25. The number of hydrogen-bond acceptors (Lipinski definition) is 5. The standard InChI is InChI=1S/C12H21N3O3/c1-8(2)17-6-4-9-3-5-15-11(18-9)7-10(14-15)12(13)16/h7-10,14H,3-6H2,1-2H3,(H2,13,16). The number of primary amides is 1. The molecule has 0 saturated carbocycles. The van der Waals surface area contributed by atoms with Gasteiger partial charge in [0.05, 0.1) is 12.7 Å². The molecule has 0 aromatic rings. The van der Waals surface area contributed by atoms with E-state index >= 15 is 0 Å². The van der Waals surface area contributed by atoms with Crippen molar-refractivity contribution < 1.29 is 14.3 Å². The first-order valence-corrected chi connectivity index (χ1v) is 6.39. The molecule has 1 saturated heterocycles. The molecule has 0 aliphatic carbocycles. The predicted molar refractivity (Wildman–Crippen MR) is 66.1 cm³/mol. The van der Waals surface area contributed by atoms with Crippen LogP contribution >= 0.6 is 0 Å². The molecule has 102 valence electrons. The number of nitrogens with two attached hydrogens (primary N) is 1. The summed E-state index contributed by atoms with van der Waals surface area (Å²) >= 11 is 0. The molecule has 3 N–H and O–H groups in total. The van der Waals surface area contributed by atoms with Crippen molar-refractivity contribution in [3.63, 3.8) is 0 Å². The van der Waals surface area contributed by atoms with Gasteiger partial charge in [0.2, 0.25) is 11.8 Å². The Kier molecular flexibility index (Phi) is 4.08. The summed E-state index contributed by atoms with van der Waals surface area (Å²) in [6.07, 6.45) is 3.91. The van der Waals surface area contributed by atoms with E-state index in [1.54, 1.807) is 6.08 Å². The Bertz CT molecular complexity index is 343. The van der Waals surface area contributed by atoms with Crippen molar-refractivity contribution in [2.75, 3.05) is 13.2 Å². The summed E-state index contributed by atoms with van der Waals surface area (Å²) in [7, 11) is 0. The fourth-order valence-electron chi connectivity index (χ4n) is 2.07. The van der Waals surface area contributed by atoms with Gasteiger partial charge in [-0.05, 0) is 13.8 Å². The molecule has 1 amide bonds. The van der Waals surface area contributed by atoms with Crippen molar-refractivity contribution in [2.24, 2.45) is 5.73 Å². The number of nitrogens with zero attached hydrogens (tertiary/aromatic N) is 1. The molecule has 18 heavy (non-hydrogen) atoms. The maximum absolute atomic E-state index is 11.1. The van der Waals surface area contributed by atoms with Gasteiger partial charge in [-0.15, -0.1) is 0 Å². The molecule has 6 heteroatoms. The number of carbonyl (C=O) groups excluding carboxylic acids is 1. The van der Waals surface area contributed by atoms with Crippen LogP contribution < -0.4 is 11.2 Å². The Morgan fingerprint density at radius 1 is 1.72 bits per heavy atom. The molecule has 0 aromatic carbocycles. The lowest BCUT2D eigenvalue weighted by Crippen LogP contribution is -2.46. The van der Waals surface area contributed by atoms with Crippen molar-refractivity contribution in [1.29, 1.82) is 0 Å². The van der Waals surface area contributed by atoms with Crippen LogP contribution in [0.3, 0.4) is 0 Å². The fraction of sp³-hybridized carbons (Fsp3) is 0.750. The molecule has 1 fully saturated rings. The van der Waals surface area contributed by atoms with Crippen molar-refractivity contribution in [3.8, 4) is 0 Å². The first-order valence-electron chi connectivity index (χ1n) is 6.39. The lowest BCUT2D eigenvalue weighted by atomic mass is 10.1. The molecular formula is C12H21N3O3. The summed E-state index contributed by atoms with van der Waals surface area (Å²) in [5.74, 6) is 0.319. The number of amides is 1. The number of fused-ring (bicyclic) bond motifs is 1. The average molecular weight is 255 g/mol. The van der Waals surface area contributed by atoms with E-state index < -0.39 is 6.04 Å². The topological polar surface area (TPSA) is 76.8 Å². The zero-order valence-electron chi connectivity index (χ0n) is 10.9. The second-order valence-corrected chi connectivity index (χ2v) is 4.90. The molecule has 0 bridgehead atoms. The van der Waals surface area contributed by atoms with Crippen LogP contribution in [-0.2, 0) is 14.3 Å². The van der Waals surface area contributed by atoms with Crippen LogP contribution in [0.4, 0.5) is 0 Å². The third kappa shape index (κ3) is 3.14. The molecular weight excluding hydrogens is 234 g/mol. The third-order valence-electron chi connectivity index (χ3n) is 3.03. The van der Waals surface area contributed by atoms with E-state index in [0.717, 1.165) is 19.4 Å². The molecule has 2 atom stereocenters. The minimum atomic E-state index is -0.453. The first-order chi connectivity index (χ1) is 8.56. The first kappa shape index (κ1) is 13.2. The van der Waals surface area contributed by atoms with Crippen LogP contribution in [0.1, 0.15) is 26.7 Å². The summed E-state index contributed by atoms with van der Waals surface area (Å²) in [6.45, 7) is 5.55. The maximum Gasteiger partial charge on any atom is 0.240 e. The Morgan fingerprint density at radius 2 is 2.50 bits per heavy atom. The van der Waals surface area contributed by atoms with Gasteiger partial charge >= 0.3 is 0 Å². The number of nitrogens with one attached hydrogen (secondary N) is 1. The van der Waals surface area contributed by atoms with Gasteiger partial charge in [0.25, 0.3) is 0 Å². The Labute approximate surface area is 107 Å². The largest absolute Gasteiger partial charge is 0.475 e. The maximum atomic E-state index is 11.1. The van der Waals surface area contributed by atoms with Gasteiger partial charge in [-0.2, -0.15) is 0 Å². The smallest absolute Gasteiger partial charge is 0.240 e. The van der Waals surface area contributed by atoms with Gasteiger partial charge in [-0.3, -0.25) is 9.80 Å². The quantitative estimate of drug-likeness (QED) is 0.729. The minimum absolute atomic E-state index is 0.152. The second-order valence-electron chi connectivity index (χ2n) is 4.90. The monoisotopic (exact) mass is 255 g/mol. The zero-order valence-corrected chi connectivity index (χ0v) is 10.9. The van der Waals surface area contributed by atoms with Crippen molar-refractivity contribution >= 4 is 5.91 Å². The van der Waals surface area contributed by atoms with E-state index in [4.69, 9.17) is 15.2 Å². The van der Waals surface area contributed by atoms with Crippen molar-refractivity contribution in [2.45, 2.75) is 44.9 Å².